The lowest BCUT2D eigenvalue weighted by Gasteiger charge is -2.13. The molecular formula is C18H15F3N2O3S. The van der Waals surface area contributed by atoms with E-state index in [0.717, 1.165) is 15.2 Å². The molecule has 1 N–H and O–H groups in total. The lowest BCUT2D eigenvalue weighted by molar-refractivity contribution is -0.274. The van der Waals surface area contributed by atoms with E-state index in [0.29, 0.717) is 0 Å². The zero-order chi connectivity index (χ0) is 19.3. The van der Waals surface area contributed by atoms with E-state index < -0.39 is 12.3 Å². The zero-order valence-corrected chi connectivity index (χ0v) is 14.8. The van der Waals surface area contributed by atoms with Crippen molar-refractivity contribution in [2.24, 2.45) is 0 Å². The first-order valence-corrected chi connectivity index (χ1v) is 8.75. The van der Waals surface area contributed by atoms with Gasteiger partial charge in [-0.3, -0.25) is 4.79 Å². The molecule has 0 aliphatic heterocycles. The van der Waals surface area contributed by atoms with E-state index in [-0.39, 0.29) is 31.1 Å². The summed E-state index contributed by atoms with van der Waals surface area (Å²) in [4.78, 5) is 16.2. The second kappa shape index (κ2) is 8.36. The quantitative estimate of drug-likeness (QED) is 0.655. The highest BCUT2D eigenvalue weighted by Gasteiger charge is 2.31. The number of halogens is 3. The average Bonchev–Trinajstić information content (AvgIpc) is 3.02. The molecule has 2 aromatic carbocycles. The van der Waals surface area contributed by atoms with Gasteiger partial charge in [0.2, 0.25) is 5.91 Å². The molecule has 0 saturated heterocycles. The topological polar surface area (TPSA) is 60.5 Å². The molecule has 0 fully saturated rings. The number of hydrogen-bond donors (Lipinski definition) is 1. The minimum absolute atomic E-state index is 0.102. The number of carbonyl (C=O) groups is 1. The SMILES string of the molecule is O=C(COCc1nc2ccccc2s1)NCc1ccccc1OC(F)(F)F. The van der Waals surface area contributed by atoms with Crippen LogP contribution in [0.15, 0.2) is 48.5 Å². The number of carbonyl (C=O) groups excluding carboxylic acids is 1. The van der Waals surface area contributed by atoms with Gasteiger partial charge in [-0.05, 0) is 18.2 Å². The molecule has 5 nitrogen and oxygen atoms in total. The number of nitrogens with zero attached hydrogens (tertiary/aromatic N) is 1. The van der Waals surface area contributed by atoms with Gasteiger partial charge in [0.1, 0.15) is 17.4 Å². The van der Waals surface area contributed by atoms with Gasteiger partial charge in [0.25, 0.3) is 0 Å². The van der Waals surface area contributed by atoms with Crippen LogP contribution in [0.4, 0.5) is 13.2 Å². The molecule has 27 heavy (non-hydrogen) atoms. The highest BCUT2D eigenvalue weighted by atomic mass is 32.1. The third-order valence-electron chi connectivity index (χ3n) is 3.47. The number of ether oxygens (including phenoxy) is 2. The van der Waals surface area contributed by atoms with Crippen LogP contribution in [0.5, 0.6) is 5.75 Å². The van der Waals surface area contributed by atoms with E-state index in [1.807, 2.05) is 24.3 Å². The Balaban J connectivity index is 1.47. The summed E-state index contributed by atoms with van der Waals surface area (Å²) < 4.78 is 47.5. The Hall–Kier alpha value is -2.65. The number of aromatic nitrogens is 1. The Morgan fingerprint density at radius 1 is 1.11 bits per heavy atom. The fourth-order valence-electron chi connectivity index (χ4n) is 2.33. The Morgan fingerprint density at radius 3 is 2.63 bits per heavy atom. The third kappa shape index (κ3) is 5.66. The molecule has 0 spiro atoms. The fraction of sp³-hybridized carbons (Fsp3) is 0.222. The van der Waals surface area contributed by atoms with Crippen LogP contribution in [0.25, 0.3) is 10.2 Å². The third-order valence-corrected chi connectivity index (χ3v) is 4.48. The number of hydrogen-bond acceptors (Lipinski definition) is 5. The van der Waals surface area contributed by atoms with Crippen molar-refractivity contribution >= 4 is 27.5 Å². The molecule has 0 unspecified atom stereocenters. The van der Waals surface area contributed by atoms with Crippen molar-refractivity contribution in [3.8, 4) is 5.75 Å². The van der Waals surface area contributed by atoms with Crippen LogP contribution in [0.1, 0.15) is 10.6 Å². The van der Waals surface area contributed by atoms with E-state index in [1.54, 1.807) is 6.07 Å². The predicted molar refractivity (Wildman–Crippen MR) is 94.2 cm³/mol. The number of amides is 1. The monoisotopic (exact) mass is 396 g/mol. The first kappa shape index (κ1) is 19.1. The summed E-state index contributed by atoms with van der Waals surface area (Å²) >= 11 is 1.48. The summed E-state index contributed by atoms with van der Waals surface area (Å²) in [6, 6.07) is 13.3. The Kier molecular flexibility index (Phi) is 5.92. The summed E-state index contributed by atoms with van der Waals surface area (Å²) in [5.41, 5.74) is 1.08. The van der Waals surface area contributed by atoms with Gasteiger partial charge in [-0.15, -0.1) is 24.5 Å². The van der Waals surface area contributed by atoms with Crippen LogP contribution >= 0.6 is 11.3 Å². The number of para-hydroxylation sites is 2. The summed E-state index contributed by atoms with van der Waals surface area (Å²) in [5, 5.41) is 3.25. The number of thiazole rings is 1. The van der Waals surface area contributed by atoms with E-state index in [9.17, 15) is 18.0 Å². The summed E-state index contributed by atoms with van der Waals surface area (Å²) in [7, 11) is 0. The molecule has 0 atom stereocenters. The second-order valence-electron chi connectivity index (χ2n) is 5.50. The van der Waals surface area contributed by atoms with Crippen molar-refractivity contribution in [2.75, 3.05) is 6.61 Å². The molecule has 1 amide bonds. The highest BCUT2D eigenvalue weighted by molar-refractivity contribution is 7.18. The Labute approximate surface area is 156 Å². The maximum Gasteiger partial charge on any atom is 0.573 e. The Morgan fingerprint density at radius 2 is 1.85 bits per heavy atom. The van der Waals surface area contributed by atoms with Gasteiger partial charge in [-0.1, -0.05) is 30.3 Å². The molecule has 3 aromatic rings. The van der Waals surface area contributed by atoms with Gasteiger partial charge in [0.15, 0.2) is 0 Å². The summed E-state index contributed by atoms with van der Waals surface area (Å²) in [6.07, 6.45) is -4.79. The molecule has 1 aromatic heterocycles. The van der Waals surface area contributed by atoms with Gasteiger partial charge in [-0.2, -0.15) is 0 Å². The molecule has 142 valence electrons. The van der Waals surface area contributed by atoms with Crippen LogP contribution < -0.4 is 10.1 Å². The number of nitrogens with one attached hydrogen (secondary N) is 1. The van der Waals surface area contributed by atoms with Crippen LogP contribution in [-0.4, -0.2) is 23.9 Å². The Bertz CT molecular complexity index is 894. The molecule has 0 saturated carbocycles. The van der Waals surface area contributed by atoms with E-state index in [4.69, 9.17) is 4.74 Å². The van der Waals surface area contributed by atoms with E-state index >= 15 is 0 Å². The second-order valence-corrected chi connectivity index (χ2v) is 6.62. The highest BCUT2D eigenvalue weighted by Crippen LogP contribution is 2.26. The van der Waals surface area contributed by atoms with Crippen molar-refractivity contribution in [1.29, 1.82) is 0 Å². The number of rotatable bonds is 7. The first-order valence-electron chi connectivity index (χ1n) is 7.93. The minimum atomic E-state index is -4.79. The average molecular weight is 396 g/mol. The number of alkyl halides is 3. The van der Waals surface area contributed by atoms with Crippen molar-refractivity contribution < 1.29 is 27.4 Å². The molecule has 0 bridgehead atoms. The summed E-state index contributed by atoms with van der Waals surface area (Å²) in [6.45, 7) is -0.145. The zero-order valence-electron chi connectivity index (χ0n) is 14.0. The van der Waals surface area contributed by atoms with Gasteiger partial charge in [-0.25, -0.2) is 4.98 Å². The van der Waals surface area contributed by atoms with Gasteiger partial charge in [0, 0.05) is 12.1 Å². The molecular weight excluding hydrogens is 381 g/mol. The maximum atomic E-state index is 12.4. The lowest BCUT2D eigenvalue weighted by atomic mass is 10.2. The molecule has 1 heterocycles. The van der Waals surface area contributed by atoms with Crippen molar-refractivity contribution in [3.63, 3.8) is 0 Å². The predicted octanol–water partition coefficient (Wildman–Crippen LogP) is 4.03. The molecule has 0 aliphatic carbocycles. The normalized spacial score (nSPS) is 11.5. The molecule has 3 rings (SSSR count). The van der Waals surface area contributed by atoms with Crippen LogP contribution in [0.3, 0.4) is 0 Å². The van der Waals surface area contributed by atoms with E-state index in [1.165, 1.54) is 29.5 Å². The van der Waals surface area contributed by atoms with Crippen LogP contribution in [0, 0.1) is 0 Å². The standard InChI is InChI=1S/C18H15F3N2O3S/c19-18(20,21)26-14-7-3-1-5-12(14)9-22-16(24)10-25-11-17-23-13-6-2-4-8-15(13)27-17/h1-8H,9-11H2,(H,22,24). The summed E-state index contributed by atoms with van der Waals surface area (Å²) in [5.74, 6) is -0.793. The largest absolute Gasteiger partial charge is 0.573 e. The van der Waals surface area contributed by atoms with Gasteiger partial charge in [0.05, 0.1) is 16.8 Å². The lowest BCUT2D eigenvalue weighted by Crippen LogP contribution is -2.27. The fourth-order valence-corrected chi connectivity index (χ4v) is 3.24. The first-order chi connectivity index (χ1) is 12.9. The van der Waals surface area contributed by atoms with Crippen LogP contribution in [-0.2, 0) is 22.7 Å². The minimum Gasteiger partial charge on any atom is -0.405 e. The number of benzene rings is 2. The number of fused-ring (bicyclic) bond motifs is 1. The maximum absolute atomic E-state index is 12.4. The molecule has 0 radical (unpaired) electrons. The van der Waals surface area contributed by atoms with Crippen molar-refractivity contribution in [3.05, 3.63) is 59.1 Å². The smallest absolute Gasteiger partial charge is 0.405 e. The van der Waals surface area contributed by atoms with E-state index in [2.05, 4.69) is 15.0 Å². The van der Waals surface area contributed by atoms with Crippen LogP contribution in [0.2, 0.25) is 0 Å². The molecule has 9 heteroatoms. The van der Waals surface area contributed by atoms with Gasteiger partial charge >= 0.3 is 6.36 Å². The van der Waals surface area contributed by atoms with Gasteiger partial charge < -0.3 is 14.8 Å². The van der Waals surface area contributed by atoms with Crippen molar-refractivity contribution in [2.45, 2.75) is 19.5 Å². The molecule has 0 aliphatic rings. The van der Waals surface area contributed by atoms with Crippen molar-refractivity contribution in [1.82, 2.24) is 10.3 Å².